The molecule has 2 aromatic carbocycles. The van der Waals surface area contributed by atoms with E-state index < -0.39 is 42.8 Å². The van der Waals surface area contributed by atoms with Crippen molar-refractivity contribution in [3.8, 4) is 5.75 Å². The summed E-state index contributed by atoms with van der Waals surface area (Å²) in [7, 11) is 0. The summed E-state index contributed by atoms with van der Waals surface area (Å²) in [5.74, 6) is -2.72. The summed E-state index contributed by atoms with van der Waals surface area (Å²) in [6.07, 6.45) is -5.28. The zero-order chi connectivity index (χ0) is 20.0. The Balaban J connectivity index is 1.83. The molecule has 5 nitrogen and oxygen atoms in total. The minimum atomic E-state index is -4.82. The van der Waals surface area contributed by atoms with Gasteiger partial charge in [-0.15, -0.1) is 13.2 Å². The first kappa shape index (κ1) is 20.5. The van der Waals surface area contributed by atoms with Crippen molar-refractivity contribution in [2.45, 2.75) is 12.8 Å². The number of benzene rings is 2. The molecule has 2 aromatic rings. The average Bonchev–Trinajstić information content (AvgIpc) is 2.57. The molecule has 0 aliphatic heterocycles. The molecule has 0 bridgehead atoms. The predicted octanol–water partition coefficient (Wildman–Crippen LogP) is 4.10. The van der Waals surface area contributed by atoms with Crippen LogP contribution >= 0.6 is 11.6 Å². The first-order valence-electron chi connectivity index (χ1n) is 7.38. The molecule has 2 rings (SSSR count). The lowest BCUT2D eigenvalue weighted by molar-refractivity contribution is -0.274. The maximum absolute atomic E-state index is 13.6. The number of rotatable bonds is 6. The highest BCUT2D eigenvalue weighted by molar-refractivity contribution is 6.31. The number of hydrogen-bond acceptors (Lipinski definition) is 4. The van der Waals surface area contributed by atoms with Gasteiger partial charge in [0.1, 0.15) is 11.6 Å². The van der Waals surface area contributed by atoms with Gasteiger partial charge in [0, 0.05) is 16.3 Å². The van der Waals surface area contributed by atoms with E-state index in [9.17, 15) is 27.2 Å². The minimum Gasteiger partial charge on any atom is -0.455 e. The molecule has 0 aliphatic rings. The Kier molecular flexibility index (Phi) is 6.62. The molecule has 0 heterocycles. The second-order valence-corrected chi connectivity index (χ2v) is 5.57. The van der Waals surface area contributed by atoms with Crippen LogP contribution in [0.4, 0.5) is 23.2 Å². The largest absolute Gasteiger partial charge is 0.573 e. The van der Waals surface area contributed by atoms with Crippen LogP contribution in [0.15, 0.2) is 42.5 Å². The van der Waals surface area contributed by atoms with E-state index in [-0.39, 0.29) is 16.3 Å². The van der Waals surface area contributed by atoms with Gasteiger partial charge in [-0.25, -0.2) is 4.39 Å². The highest BCUT2D eigenvalue weighted by atomic mass is 35.5. The fraction of sp³-hybridized carbons (Fsp3) is 0.176. The van der Waals surface area contributed by atoms with Crippen LogP contribution in [0.2, 0.25) is 5.02 Å². The van der Waals surface area contributed by atoms with Gasteiger partial charge < -0.3 is 14.8 Å². The van der Waals surface area contributed by atoms with Gasteiger partial charge in [-0.3, -0.25) is 9.59 Å². The zero-order valence-corrected chi connectivity index (χ0v) is 14.2. The molecule has 0 saturated carbocycles. The fourth-order valence-electron chi connectivity index (χ4n) is 1.98. The Bertz CT molecular complexity index is 804. The molecule has 0 aliphatic carbocycles. The van der Waals surface area contributed by atoms with E-state index >= 15 is 0 Å². The first-order chi connectivity index (χ1) is 12.6. The van der Waals surface area contributed by atoms with Crippen molar-refractivity contribution in [3.05, 3.63) is 58.9 Å². The number of anilines is 1. The minimum absolute atomic E-state index is 0.0511. The molecule has 0 aromatic heterocycles. The number of amides is 1. The van der Waals surface area contributed by atoms with Crippen LogP contribution in [0.25, 0.3) is 0 Å². The molecule has 0 spiro atoms. The monoisotopic (exact) mass is 405 g/mol. The smallest absolute Gasteiger partial charge is 0.455 e. The topological polar surface area (TPSA) is 64.6 Å². The lowest BCUT2D eigenvalue weighted by atomic mass is 10.1. The molecule has 1 amide bonds. The third kappa shape index (κ3) is 6.78. The van der Waals surface area contributed by atoms with Gasteiger partial charge in [0.25, 0.3) is 5.91 Å². The lowest BCUT2D eigenvalue weighted by Gasteiger charge is -2.10. The molecule has 0 radical (unpaired) electrons. The van der Waals surface area contributed by atoms with E-state index in [0.717, 1.165) is 18.2 Å². The summed E-state index contributed by atoms with van der Waals surface area (Å²) < 4.78 is 58.2. The van der Waals surface area contributed by atoms with Gasteiger partial charge in [0.05, 0.1) is 6.42 Å². The molecular formula is C17H12ClF4NO4. The Morgan fingerprint density at radius 1 is 1.07 bits per heavy atom. The second-order valence-electron chi connectivity index (χ2n) is 5.16. The van der Waals surface area contributed by atoms with Gasteiger partial charge in [-0.05, 0) is 36.4 Å². The van der Waals surface area contributed by atoms with Crippen molar-refractivity contribution < 1.29 is 36.6 Å². The summed E-state index contributed by atoms with van der Waals surface area (Å²) in [5, 5.41) is 2.37. The lowest BCUT2D eigenvalue weighted by Crippen LogP contribution is -2.22. The Morgan fingerprint density at radius 3 is 2.33 bits per heavy atom. The third-order valence-electron chi connectivity index (χ3n) is 3.12. The van der Waals surface area contributed by atoms with Gasteiger partial charge >= 0.3 is 12.3 Å². The van der Waals surface area contributed by atoms with Crippen LogP contribution in [0, 0.1) is 5.82 Å². The number of ether oxygens (including phenoxy) is 2. The molecule has 0 fully saturated rings. The zero-order valence-electron chi connectivity index (χ0n) is 13.5. The fourth-order valence-corrected chi connectivity index (χ4v) is 2.21. The van der Waals surface area contributed by atoms with Crippen molar-refractivity contribution >= 4 is 29.2 Å². The van der Waals surface area contributed by atoms with Crippen LogP contribution in [0.1, 0.15) is 5.56 Å². The summed E-state index contributed by atoms with van der Waals surface area (Å²) >= 11 is 5.79. The van der Waals surface area contributed by atoms with Gasteiger partial charge in [0.2, 0.25) is 0 Å². The van der Waals surface area contributed by atoms with Gasteiger partial charge in [-0.1, -0.05) is 17.7 Å². The maximum atomic E-state index is 13.6. The Labute approximate surface area is 155 Å². The molecule has 0 atom stereocenters. The van der Waals surface area contributed by atoms with E-state index in [1.54, 1.807) is 0 Å². The van der Waals surface area contributed by atoms with Crippen molar-refractivity contribution in [1.29, 1.82) is 0 Å². The highest BCUT2D eigenvalue weighted by Gasteiger charge is 2.30. The number of halogens is 5. The highest BCUT2D eigenvalue weighted by Crippen LogP contribution is 2.24. The average molecular weight is 406 g/mol. The SMILES string of the molecule is O=C(COC(=O)Cc1c(F)cccc1Cl)Nc1ccc(OC(F)(F)F)cc1. The third-order valence-corrected chi connectivity index (χ3v) is 3.47. The molecule has 10 heteroatoms. The van der Waals surface area contributed by atoms with Gasteiger partial charge in [0.15, 0.2) is 6.61 Å². The summed E-state index contributed by atoms with van der Waals surface area (Å²) in [6.45, 7) is -0.661. The van der Waals surface area contributed by atoms with Crippen molar-refractivity contribution in [2.24, 2.45) is 0 Å². The number of carbonyl (C=O) groups is 2. The number of carbonyl (C=O) groups excluding carboxylic acids is 2. The van der Waals surface area contributed by atoms with Crippen LogP contribution < -0.4 is 10.1 Å². The molecule has 0 unspecified atom stereocenters. The molecular weight excluding hydrogens is 394 g/mol. The van der Waals surface area contributed by atoms with E-state index in [1.807, 2.05) is 0 Å². The maximum Gasteiger partial charge on any atom is 0.573 e. The van der Waals surface area contributed by atoms with Crippen LogP contribution in [-0.2, 0) is 20.7 Å². The van der Waals surface area contributed by atoms with Crippen molar-refractivity contribution in [1.82, 2.24) is 0 Å². The van der Waals surface area contributed by atoms with E-state index in [4.69, 9.17) is 16.3 Å². The Morgan fingerprint density at radius 2 is 1.74 bits per heavy atom. The number of esters is 1. The van der Waals surface area contributed by atoms with Gasteiger partial charge in [-0.2, -0.15) is 0 Å². The molecule has 27 heavy (non-hydrogen) atoms. The summed E-state index contributed by atoms with van der Waals surface area (Å²) in [6, 6.07) is 8.30. The quantitative estimate of drug-likeness (QED) is 0.580. The van der Waals surface area contributed by atoms with Crippen LogP contribution in [0.5, 0.6) is 5.75 Å². The van der Waals surface area contributed by atoms with E-state index in [2.05, 4.69) is 10.1 Å². The standard InChI is InChI=1S/C17H12ClF4NO4/c18-13-2-1-3-14(19)12(13)8-16(25)26-9-15(24)23-10-4-6-11(7-5-10)27-17(20,21)22/h1-7H,8-9H2,(H,23,24). The first-order valence-corrected chi connectivity index (χ1v) is 7.76. The summed E-state index contributed by atoms with van der Waals surface area (Å²) in [4.78, 5) is 23.4. The predicted molar refractivity (Wildman–Crippen MR) is 87.8 cm³/mol. The van der Waals surface area contributed by atoms with Crippen molar-refractivity contribution in [3.63, 3.8) is 0 Å². The van der Waals surface area contributed by atoms with Crippen LogP contribution in [0.3, 0.4) is 0 Å². The number of alkyl halides is 3. The molecule has 1 N–H and O–H groups in total. The number of nitrogens with one attached hydrogen (secondary N) is 1. The van der Waals surface area contributed by atoms with E-state index in [1.165, 1.54) is 24.3 Å². The molecule has 0 saturated heterocycles. The normalized spacial score (nSPS) is 11.0. The van der Waals surface area contributed by atoms with Crippen LogP contribution in [-0.4, -0.2) is 24.8 Å². The second kappa shape index (κ2) is 8.72. The summed E-state index contributed by atoms with van der Waals surface area (Å²) in [5.41, 5.74) is 0.118. The molecule has 144 valence electrons. The van der Waals surface area contributed by atoms with Crippen molar-refractivity contribution in [2.75, 3.05) is 11.9 Å². The van der Waals surface area contributed by atoms with E-state index in [0.29, 0.717) is 0 Å². The number of hydrogen-bond donors (Lipinski definition) is 1. The Hall–Kier alpha value is -2.81.